The first-order chi connectivity index (χ1) is 7.30. The SMILES string of the molecule is OC12CCCCN=C1c1ccccc1N2. The number of hydrogen-bond acceptors (Lipinski definition) is 3. The van der Waals surface area contributed by atoms with Crippen LogP contribution in [0.1, 0.15) is 24.8 Å². The zero-order valence-electron chi connectivity index (χ0n) is 8.53. The molecule has 0 radical (unpaired) electrons. The van der Waals surface area contributed by atoms with Gasteiger partial charge < -0.3 is 10.4 Å². The third kappa shape index (κ3) is 1.27. The molecule has 2 N–H and O–H groups in total. The van der Waals surface area contributed by atoms with Gasteiger partial charge in [-0.25, -0.2) is 0 Å². The van der Waals surface area contributed by atoms with Crippen LogP contribution in [-0.2, 0) is 0 Å². The molecule has 2 aliphatic rings. The van der Waals surface area contributed by atoms with Crippen LogP contribution in [0.15, 0.2) is 29.3 Å². The van der Waals surface area contributed by atoms with Crippen molar-refractivity contribution < 1.29 is 5.11 Å². The summed E-state index contributed by atoms with van der Waals surface area (Å²) >= 11 is 0. The van der Waals surface area contributed by atoms with Crippen molar-refractivity contribution in [1.82, 2.24) is 0 Å². The Bertz CT molecular complexity index is 427. The lowest BCUT2D eigenvalue weighted by Crippen LogP contribution is -2.41. The minimum absolute atomic E-state index is 0.751. The minimum atomic E-state index is -0.916. The monoisotopic (exact) mass is 202 g/mol. The van der Waals surface area contributed by atoms with Gasteiger partial charge in [0.15, 0.2) is 5.72 Å². The van der Waals surface area contributed by atoms with Crippen molar-refractivity contribution in [2.24, 2.45) is 4.99 Å². The van der Waals surface area contributed by atoms with Gasteiger partial charge >= 0.3 is 0 Å². The second-order valence-corrected chi connectivity index (χ2v) is 4.22. The molecule has 2 aliphatic heterocycles. The van der Waals surface area contributed by atoms with E-state index in [1.54, 1.807) is 0 Å². The first-order valence-electron chi connectivity index (χ1n) is 5.44. The highest BCUT2D eigenvalue weighted by molar-refractivity contribution is 6.15. The lowest BCUT2D eigenvalue weighted by Gasteiger charge is -2.22. The predicted molar refractivity (Wildman–Crippen MR) is 60.3 cm³/mol. The number of fused-ring (bicyclic) bond motifs is 3. The van der Waals surface area contributed by atoms with Crippen molar-refractivity contribution >= 4 is 11.4 Å². The highest BCUT2D eigenvalue weighted by Crippen LogP contribution is 2.35. The molecule has 0 saturated carbocycles. The average molecular weight is 202 g/mol. The number of aliphatic imine (C=N–C) groups is 1. The maximum Gasteiger partial charge on any atom is 0.179 e. The number of nitrogens with one attached hydrogen (secondary N) is 1. The van der Waals surface area contributed by atoms with Gasteiger partial charge in [0.25, 0.3) is 0 Å². The highest BCUT2D eigenvalue weighted by Gasteiger charge is 2.41. The van der Waals surface area contributed by atoms with E-state index in [1.165, 1.54) is 0 Å². The van der Waals surface area contributed by atoms with Gasteiger partial charge in [-0.15, -0.1) is 0 Å². The molecule has 3 nitrogen and oxygen atoms in total. The lowest BCUT2D eigenvalue weighted by molar-refractivity contribution is 0.135. The summed E-state index contributed by atoms with van der Waals surface area (Å²) in [6, 6.07) is 7.97. The summed E-state index contributed by atoms with van der Waals surface area (Å²) in [6.45, 7) is 0.827. The number of para-hydroxylation sites is 1. The normalized spacial score (nSPS) is 28.5. The molecule has 0 aromatic heterocycles. The third-order valence-corrected chi connectivity index (χ3v) is 3.13. The van der Waals surface area contributed by atoms with Crippen molar-refractivity contribution in [3.8, 4) is 0 Å². The Labute approximate surface area is 88.8 Å². The topological polar surface area (TPSA) is 44.6 Å². The molecule has 3 heteroatoms. The Kier molecular flexibility index (Phi) is 1.83. The predicted octanol–water partition coefficient (Wildman–Crippen LogP) is 1.77. The number of aliphatic hydroxyl groups is 1. The smallest absolute Gasteiger partial charge is 0.179 e. The Morgan fingerprint density at radius 3 is 3.07 bits per heavy atom. The lowest BCUT2D eigenvalue weighted by atomic mass is 10.0. The van der Waals surface area contributed by atoms with Gasteiger partial charge in [0.2, 0.25) is 0 Å². The molecule has 3 rings (SSSR count). The second-order valence-electron chi connectivity index (χ2n) is 4.22. The Hall–Kier alpha value is -1.35. The minimum Gasteiger partial charge on any atom is -0.366 e. The van der Waals surface area contributed by atoms with E-state index in [2.05, 4.69) is 10.3 Å². The fourth-order valence-electron chi connectivity index (χ4n) is 2.38. The van der Waals surface area contributed by atoms with Crippen LogP contribution in [-0.4, -0.2) is 23.1 Å². The number of benzene rings is 1. The number of hydrogen-bond donors (Lipinski definition) is 2. The average Bonchev–Trinajstić information content (AvgIpc) is 2.39. The molecule has 1 unspecified atom stereocenters. The van der Waals surface area contributed by atoms with Gasteiger partial charge in [-0.2, -0.15) is 0 Å². The van der Waals surface area contributed by atoms with Gasteiger partial charge in [-0.05, 0) is 18.9 Å². The Morgan fingerprint density at radius 1 is 1.27 bits per heavy atom. The molecule has 0 saturated heterocycles. The molecule has 0 aliphatic carbocycles. The van der Waals surface area contributed by atoms with Gasteiger partial charge in [-0.1, -0.05) is 18.2 Å². The first-order valence-corrected chi connectivity index (χ1v) is 5.44. The fourth-order valence-corrected chi connectivity index (χ4v) is 2.38. The van der Waals surface area contributed by atoms with E-state index in [4.69, 9.17) is 0 Å². The van der Waals surface area contributed by atoms with Crippen molar-refractivity contribution in [1.29, 1.82) is 0 Å². The van der Waals surface area contributed by atoms with Gasteiger partial charge in [-0.3, -0.25) is 4.99 Å². The van der Waals surface area contributed by atoms with Crippen molar-refractivity contribution in [2.45, 2.75) is 25.0 Å². The summed E-state index contributed by atoms with van der Waals surface area (Å²) in [4.78, 5) is 4.50. The molecule has 0 fully saturated rings. The maximum atomic E-state index is 10.5. The van der Waals surface area contributed by atoms with Crippen LogP contribution < -0.4 is 5.32 Å². The van der Waals surface area contributed by atoms with Crippen LogP contribution in [0.3, 0.4) is 0 Å². The molecule has 0 spiro atoms. The summed E-state index contributed by atoms with van der Waals surface area (Å²) < 4.78 is 0. The van der Waals surface area contributed by atoms with E-state index in [9.17, 15) is 5.11 Å². The summed E-state index contributed by atoms with van der Waals surface area (Å²) in [5.41, 5.74) is 1.97. The zero-order valence-corrected chi connectivity index (χ0v) is 8.53. The quantitative estimate of drug-likeness (QED) is 0.673. The molecule has 15 heavy (non-hydrogen) atoms. The van der Waals surface area contributed by atoms with Crippen LogP contribution in [0.2, 0.25) is 0 Å². The van der Waals surface area contributed by atoms with Crippen LogP contribution in [0.5, 0.6) is 0 Å². The maximum absolute atomic E-state index is 10.5. The zero-order chi connectivity index (χ0) is 10.3. The van der Waals surface area contributed by atoms with Crippen molar-refractivity contribution in [3.63, 3.8) is 0 Å². The molecular formula is C12H14N2O. The molecule has 78 valence electrons. The van der Waals surface area contributed by atoms with E-state index in [1.807, 2.05) is 24.3 Å². The molecule has 0 bridgehead atoms. The molecule has 1 atom stereocenters. The van der Waals surface area contributed by atoms with Gasteiger partial charge in [0, 0.05) is 24.2 Å². The fraction of sp³-hybridized carbons (Fsp3) is 0.417. The van der Waals surface area contributed by atoms with E-state index in [0.29, 0.717) is 0 Å². The third-order valence-electron chi connectivity index (χ3n) is 3.13. The van der Waals surface area contributed by atoms with E-state index < -0.39 is 5.72 Å². The van der Waals surface area contributed by atoms with Gasteiger partial charge in [0.1, 0.15) is 0 Å². The molecular weight excluding hydrogens is 188 g/mol. The Morgan fingerprint density at radius 2 is 2.13 bits per heavy atom. The van der Waals surface area contributed by atoms with E-state index >= 15 is 0 Å². The second kappa shape index (κ2) is 3.07. The summed E-state index contributed by atoms with van der Waals surface area (Å²) in [5, 5.41) is 13.6. The number of nitrogens with zero attached hydrogens (tertiary/aromatic N) is 1. The Balaban J connectivity index is 2.14. The summed E-state index contributed by atoms with van der Waals surface area (Å²) in [6.07, 6.45) is 2.83. The van der Waals surface area contributed by atoms with Crippen molar-refractivity contribution in [2.75, 3.05) is 11.9 Å². The highest BCUT2D eigenvalue weighted by atomic mass is 16.3. The molecule has 1 aromatic rings. The summed E-state index contributed by atoms with van der Waals surface area (Å²) in [5.74, 6) is 0. The number of anilines is 1. The number of rotatable bonds is 0. The van der Waals surface area contributed by atoms with Crippen LogP contribution >= 0.6 is 0 Å². The van der Waals surface area contributed by atoms with Crippen LogP contribution in [0.4, 0.5) is 5.69 Å². The van der Waals surface area contributed by atoms with Crippen LogP contribution in [0.25, 0.3) is 0 Å². The van der Waals surface area contributed by atoms with Gasteiger partial charge in [0.05, 0.1) is 5.71 Å². The largest absolute Gasteiger partial charge is 0.366 e. The van der Waals surface area contributed by atoms with E-state index in [0.717, 1.165) is 42.8 Å². The standard InChI is InChI=1S/C12H14N2O/c15-12-7-3-4-8-13-11(12)9-5-1-2-6-10(9)14-12/h1-2,5-6,14-15H,3-4,7-8H2. The van der Waals surface area contributed by atoms with Crippen molar-refractivity contribution in [3.05, 3.63) is 29.8 Å². The first kappa shape index (κ1) is 8.92. The van der Waals surface area contributed by atoms with E-state index in [-0.39, 0.29) is 0 Å². The summed E-state index contributed by atoms with van der Waals surface area (Å²) in [7, 11) is 0. The van der Waals surface area contributed by atoms with Crippen LogP contribution in [0, 0.1) is 0 Å². The molecule has 0 amide bonds. The molecule has 2 heterocycles. The molecule has 1 aromatic carbocycles.